The van der Waals surface area contributed by atoms with Gasteiger partial charge in [0.05, 0.1) is 5.50 Å². The van der Waals surface area contributed by atoms with E-state index in [4.69, 9.17) is 11.6 Å². The quantitative estimate of drug-likeness (QED) is 0.436. The summed E-state index contributed by atoms with van der Waals surface area (Å²) >= 11 is 6.79. The average Bonchev–Trinajstić information content (AvgIpc) is 2.53. The lowest BCUT2D eigenvalue weighted by Gasteiger charge is -2.36. The van der Waals surface area contributed by atoms with E-state index in [0.717, 1.165) is 5.56 Å². The molecule has 2 aromatic rings. The predicted molar refractivity (Wildman–Crippen MR) is 101 cm³/mol. The number of hydrogen-bond acceptors (Lipinski definition) is 1. The maximum atomic E-state index is 14.4. The van der Waals surface area contributed by atoms with Gasteiger partial charge < -0.3 is 0 Å². The molecular weight excluding hydrogens is 321 g/mol. The molecule has 0 saturated heterocycles. The maximum Gasteiger partial charge on any atom is 0.127 e. The van der Waals surface area contributed by atoms with Crippen molar-refractivity contribution in [3.8, 4) is 0 Å². The molecule has 0 aliphatic rings. The van der Waals surface area contributed by atoms with Gasteiger partial charge in [0.1, 0.15) is 5.82 Å². The van der Waals surface area contributed by atoms with Crippen LogP contribution in [0.2, 0.25) is 0 Å². The molecule has 3 heteroatoms. The fraction of sp³-hybridized carbons (Fsp3) is 0.429. The van der Waals surface area contributed by atoms with Gasteiger partial charge in [-0.05, 0) is 51.3 Å². The summed E-state index contributed by atoms with van der Waals surface area (Å²) in [5, 5.41) is 0. The van der Waals surface area contributed by atoms with Crippen LogP contribution in [-0.2, 0) is 0 Å². The molecule has 2 unspecified atom stereocenters. The lowest BCUT2D eigenvalue weighted by molar-refractivity contribution is 0.147. The van der Waals surface area contributed by atoms with E-state index in [0.29, 0.717) is 24.1 Å². The van der Waals surface area contributed by atoms with Crippen LogP contribution in [0.4, 0.5) is 4.39 Å². The molecule has 0 spiro atoms. The summed E-state index contributed by atoms with van der Waals surface area (Å²) in [6.07, 6.45) is 0.670. The van der Waals surface area contributed by atoms with Crippen molar-refractivity contribution < 1.29 is 4.39 Å². The highest BCUT2D eigenvalue weighted by Crippen LogP contribution is 2.34. The first-order valence-corrected chi connectivity index (χ1v) is 9.06. The molecule has 0 fully saturated rings. The summed E-state index contributed by atoms with van der Waals surface area (Å²) in [6.45, 7) is 8.60. The van der Waals surface area contributed by atoms with E-state index in [1.165, 1.54) is 6.07 Å². The highest BCUT2D eigenvalue weighted by atomic mass is 35.5. The predicted octanol–water partition coefficient (Wildman–Crippen LogP) is 6.03. The molecule has 2 aromatic carbocycles. The summed E-state index contributed by atoms with van der Waals surface area (Å²) in [5.74, 6) is -0.231. The average molecular weight is 348 g/mol. The number of halogens is 2. The Labute approximate surface area is 150 Å². The van der Waals surface area contributed by atoms with Crippen LogP contribution in [0.25, 0.3) is 0 Å². The Morgan fingerprint density at radius 3 is 1.96 bits per heavy atom. The normalized spacial score (nSPS) is 14.4. The summed E-state index contributed by atoms with van der Waals surface area (Å²) in [4.78, 5) is 2.28. The molecule has 0 aliphatic carbocycles. The first-order valence-electron chi connectivity index (χ1n) is 8.62. The number of rotatable bonds is 7. The monoisotopic (exact) mass is 347 g/mol. The van der Waals surface area contributed by atoms with E-state index < -0.39 is 0 Å². The van der Waals surface area contributed by atoms with Crippen LogP contribution in [0.15, 0.2) is 54.6 Å². The fourth-order valence-corrected chi connectivity index (χ4v) is 4.07. The molecule has 0 bridgehead atoms. The van der Waals surface area contributed by atoms with Gasteiger partial charge in [0.25, 0.3) is 0 Å². The zero-order chi connectivity index (χ0) is 17.7. The van der Waals surface area contributed by atoms with Crippen LogP contribution in [0, 0.1) is 5.82 Å². The van der Waals surface area contributed by atoms with Crippen LogP contribution in [-0.4, -0.2) is 22.5 Å². The first-order chi connectivity index (χ1) is 11.4. The van der Waals surface area contributed by atoms with E-state index in [2.05, 4.69) is 44.7 Å². The number of alkyl halides is 1. The van der Waals surface area contributed by atoms with E-state index in [-0.39, 0.29) is 17.2 Å². The second-order valence-corrected chi connectivity index (χ2v) is 7.29. The Morgan fingerprint density at radius 1 is 0.875 bits per heavy atom. The van der Waals surface area contributed by atoms with Crippen LogP contribution < -0.4 is 0 Å². The minimum atomic E-state index is -0.170. The number of hydrogen-bond donors (Lipinski definition) is 0. The molecule has 130 valence electrons. The molecule has 2 atom stereocenters. The Kier molecular flexibility index (Phi) is 6.82. The summed E-state index contributed by atoms with van der Waals surface area (Å²) in [7, 11) is 0. The lowest BCUT2D eigenvalue weighted by Crippen LogP contribution is -2.43. The largest absolute Gasteiger partial charge is 0.283 e. The van der Waals surface area contributed by atoms with Crippen molar-refractivity contribution in [2.24, 2.45) is 0 Å². The fourth-order valence-electron chi connectivity index (χ4n) is 3.45. The third-order valence-electron chi connectivity index (χ3n) is 4.43. The summed E-state index contributed by atoms with van der Waals surface area (Å²) in [5.41, 5.74) is 1.65. The van der Waals surface area contributed by atoms with Gasteiger partial charge in [0.2, 0.25) is 0 Å². The van der Waals surface area contributed by atoms with Crippen LogP contribution in [0.1, 0.15) is 51.2 Å². The van der Waals surface area contributed by atoms with Gasteiger partial charge in [0.15, 0.2) is 0 Å². The zero-order valence-corrected chi connectivity index (χ0v) is 15.7. The lowest BCUT2D eigenvalue weighted by atomic mass is 9.87. The first kappa shape index (κ1) is 19.0. The Bertz CT molecular complexity index is 619. The summed E-state index contributed by atoms with van der Waals surface area (Å²) < 4.78 is 14.4. The highest BCUT2D eigenvalue weighted by molar-refractivity contribution is 6.20. The van der Waals surface area contributed by atoms with Crippen LogP contribution >= 0.6 is 11.6 Å². The van der Waals surface area contributed by atoms with Gasteiger partial charge >= 0.3 is 0 Å². The molecule has 2 rings (SSSR count). The van der Waals surface area contributed by atoms with Crippen molar-refractivity contribution in [2.75, 3.05) is 0 Å². The van der Waals surface area contributed by atoms with Gasteiger partial charge in [0, 0.05) is 18.0 Å². The van der Waals surface area contributed by atoms with Gasteiger partial charge in [-0.15, -0.1) is 11.6 Å². The Hall–Kier alpha value is -1.38. The SMILES string of the molecule is CC(C)N(C(C)C)C(Cl)CC(c1ccccc1)c1ccccc1F. The molecule has 1 nitrogen and oxygen atoms in total. The standard InChI is InChI=1S/C21H27ClFN/c1-15(2)24(16(3)4)21(22)14-19(17-10-6-5-7-11-17)18-12-8-9-13-20(18)23/h5-13,15-16,19,21H,14H2,1-4H3. The van der Waals surface area contributed by atoms with Crippen molar-refractivity contribution >= 4 is 11.6 Å². The number of nitrogens with zero attached hydrogens (tertiary/aromatic N) is 1. The Morgan fingerprint density at radius 2 is 1.42 bits per heavy atom. The molecule has 0 heterocycles. The minimum absolute atomic E-state index is 0.0603. The zero-order valence-electron chi connectivity index (χ0n) is 14.9. The van der Waals surface area contributed by atoms with E-state index in [9.17, 15) is 4.39 Å². The third kappa shape index (κ3) is 4.58. The van der Waals surface area contributed by atoms with Gasteiger partial charge in [-0.3, -0.25) is 4.90 Å². The molecule has 0 amide bonds. The smallest absolute Gasteiger partial charge is 0.127 e. The van der Waals surface area contributed by atoms with Gasteiger partial charge in [-0.1, -0.05) is 48.5 Å². The maximum absolute atomic E-state index is 14.4. The van der Waals surface area contributed by atoms with E-state index in [1.807, 2.05) is 30.3 Å². The van der Waals surface area contributed by atoms with Gasteiger partial charge in [-0.25, -0.2) is 4.39 Å². The van der Waals surface area contributed by atoms with Crippen LogP contribution in [0.3, 0.4) is 0 Å². The topological polar surface area (TPSA) is 3.24 Å². The molecule has 0 aromatic heterocycles. The highest BCUT2D eigenvalue weighted by Gasteiger charge is 2.27. The van der Waals surface area contributed by atoms with Crippen molar-refractivity contribution in [3.05, 3.63) is 71.5 Å². The molecule has 24 heavy (non-hydrogen) atoms. The Balaban J connectivity index is 2.36. The van der Waals surface area contributed by atoms with Gasteiger partial charge in [-0.2, -0.15) is 0 Å². The molecule has 0 aliphatic heterocycles. The van der Waals surface area contributed by atoms with Crippen molar-refractivity contribution in [1.29, 1.82) is 0 Å². The minimum Gasteiger partial charge on any atom is -0.283 e. The van der Waals surface area contributed by atoms with Crippen molar-refractivity contribution in [3.63, 3.8) is 0 Å². The molecule has 0 N–H and O–H groups in total. The number of benzene rings is 2. The van der Waals surface area contributed by atoms with E-state index >= 15 is 0 Å². The summed E-state index contributed by atoms with van der Waals surface area (Å²) in [6, 6.07) is 17.8. The second kappa shape index (κ2) is 8.64. The second-order valence-electron chi connectivity index (χ2n) is 6.79. The molecule has 0 saturated carbocycles. The third-order valence-corrected chi connectivity index (χ3v) is 4.83. The van der Waals surface area contributed by atoms with Crippen molar-refractivity contribution in [2.45, 2.75) is 57.6 Å². The van der Waals surface area contributed by atoms with E-state index in [1.54, 1.807) is 6.07 Å². The molecular formula is C21H27ClFN. The molecule has 0 radical (unpaired) electrons. The van der Waals surface area contributed by atoms with Crippen LogP contribution in [0.5, 0.6) is 0 Å². The van der Waals surface area contributed by atoms with Crippen molar-refractivity contribution in [1.82, 2.24) is 4.90 Å².